The summed E-state index contributed by atoms with van der Waals surface area (Å²) in [6, 6.07) is 0. The second-order valence-corrected chi connectivity index (χ2v) is 12.8. The fraction of sp³-hybridized carbons (Fsp3) is 0.889. The average molecular weight is 545 g/mol. The number of likely N-dealkylation sites (tertiary alicyclic amines) is 2. The van der Waals surface area contributed by atoms with Crippen LogP contribution in [0, 0.1) is 5.92 Å². The molecule has 1 amide bonds. The smallest absolute Gasteiger partial charge is 0.253 e. The van der Waals surface area contributed by atoms with E-state index in [-0.39, 0.29) is 37.3 Å². The Labute approximate surface area is 221 Å². The van der Waals surface area contributed by atoms with Crippen LogP contribution < -0.4 is 0 Å². The standard InChI is InChI=1S/C27H40F4N4O3/c1-25(2,29)16-34-10-6-17(15-34)37-21-5-4-7-27(30,31)19(21)14-22(36)35-11-8-26(3,9-12-35)24-32-23(38-33-24)18-13-20(18)28/h17-21H,4-16H2,1-3H3/t17-,18+,19?,20-,21-/m0/s1. The van der Waals surface area contributed by atoms with Crippen molar-refractivity contribution >= 4 is 5.91 Å². The SMILES string of the molecule is CC(C)(F)CN1CC[C@H](O[C@H]2CCCC(F)(F)C2CC(=O)N2CCC(C)(c3noc([C@@H]4C[C@@H]4F)n3)CC2)C1. The molecule has 2 aliphatic heterocycles. The van der Waals surface area contributed by atoms with Gasteiger partial charge in [-0.3, -0.25) is 9.69 Å². The van der Waals surface area contributed by atoms with E-state index in [0.29, 0.717) is 76.4 Å². The van der Waals surface area contributed by atoms with Crippen molar-refractivity contribution in [3.8, 4) is 0 Å². The van der Waals surface area contributed by atoms with Gasteiger partial charge in [-0.2, -0.15) is 4.98 Å². The maximum absolute atomic E-state index is 15.1. The third-order valence-electron chi connectivity index (χ3n) is 8.81. The second kappa shape index (κ2) is 10.3. The molecule has 11 heteroatoms. The van der Waals surface area contributed by atoms with Gasteiger partial charge >= 0.3 is 0 Å². The highest BCUT2D eigenvalue weighted by Gasteiger charge is 2.50. The summed E-state index contributed by atoms with van der Waals surface area (Å²) < 4.78 is 69.1. The molecule has 0 radical (unpaired) electrons. The van der Waals surface area contributed by atoms with E-state index in [1.165, 1.54) is 13.8 Å². The van der Waals surface area contributed by atoms with Crippen molar-refractivity contribution in [2.24, 2.45) is 5.92 Å². The molecule has 38 heavy (non-hydrogen) atoms. The van der Waals surface area contributed by atoms with Gasteiger partial charge in [0.25, 0.3) is 5.92 Å². The van der Waals surface area contributed by atoms with Crippen LogP contribution in [0.15, 0.2) is 4.52 Å². The number of ether oxygens (including phenoxy) is 1. The molecule has 0 aromatic carbocycles. The molecule has 4 aliphatic rings. The van der Waals surface area contributed by atoms with E-state index in [9.17, 15) is 13.6 Å². The molecular formula is C27H40F4N4O3. The summed E-state index contributed by atoms with van der Waals surface area (Å²) in [6.07, 6.45) is 0.748. The lowest BCUT2D eigenvalue weighted by molar-refractivity contribution is -0.174. The normalized spacial score (nSPS) is 33.4. The van der Waals surface area contributed by atoms with E-state index in [1.54, 1.807) is 4.90 Å². The third-order valence-corrected chi connectivity index (χ3v) is 8.81. The summed E-state index contributed by atoms with van der Waals surface area (Å²) in [6.45, 7) is 7.36. The number of rotatable bonds is 8. The van der Waals surface area contributed by atoms with Gasteiger partial charge in [0.05, 0.1) is 24.0 Å². The molecule has 5 atom stereocenters. The van der Waals surface area contributed by atoms with Gasteiger partial charge in [-0.25, -0.2) is 17.6 Å². The number of aromatic nitrogens is 2. The van der Waals surface area contributed by atoms with E-state index in [4.69, 9.17) is 9.26 Å². The van der Waals surface area contributed by atoms with E-state index < -0.39 is 35.2 Å². The van der Waals surface area contributed by atoms with Crippen molar-refractivity contribution in [1.29, 1.82) is 0 Å². The van der Waals surface area contributed by atoms with Crippen LogP contribution in [0.2, 0.25) is 0 Å². The van der Waals surface area contributed by atoms with Crippen molar-refractivity contribution in [3.63, 3.8) is 0 Å². The molecule has 1 aromatic heterocycles. The van der Waals surface area contributed by atoms with E-state index in [0.717, 1.165) is 0 Å². The summed E-state index contributed by atoms with van der Waals surface area (Å²) in [4.78, 5) is 21.3. The van der Waals surface area contributed by atoms with Gasteiger partial charge in [-0.05, 0) is 52.4 Å². The zero-order chi connectivity index (χ0) is 27.3. The minimum atomic E-state index is -2.97. The number of hydrogen-bond donors (Lipinski definition) is 0. The summed E-state index contributed by atoms with van der Waals surface area (Å²) in [7, 11) is 0. The lowest BCUT2D eigenvalue weighted by atomic mass is 9.78. The van der Waals surface area contributed by atoms with Crippen molar-refractivity contribution < 1.29 is 31.6 Å². The average Bonchev–Trinajstić information content (AvgIpc) is 3.20. The molecule has 5 rings (SSSR count). The first-order chi connectivity index (χ1) is 17.8. The lowest BCUT2D eigenvalue weighted by Gasteiger charge is -2.41. The summed E-state index contributed by atoms with van der Waals surface area (Å²) in [5.41, 5.74) is -1.74. The fourth-order valence-electron chi connectivity index (χ4n) is 6.31. The van der Waals surface area contributed by atoms with Crippen LogP contribution in [0.3, 0.4) is 0 Å². The van der Waals surface area contributed by atoms with E-state index in [2.05, 4.69) is 10.1 Å². The molecule has 0 N–H and O–H groups in total. The highest BCUT2D eigenvalue weighted by molar-refractivity contribution is 5.76. The van der Waals surface area contributed by atoms with Crippen LogP contribution in [0.1, 0.15) is 89.8 Å². The van der Waals surface area contributed by atoms with Crippen LogP contribution in [0.4, 0.5) is 17.6 Å². The Morgan fingerprint density at radius 2 is 1.89 bits per heavy atom. The van der Waals surface area contributed by atoms with Crippen molar-refractivity contribution in [1.82, 2.24) is 19.9 Å². The quantitative estimate of drug-likeness (QED) is 0.438. The van der Waals surface area contributed by atoms with Crippen LogP contribution in [0.5, 0.6) is 0 Å². The van der Waals surface area contributed by atoms with Crippen LogP contribution in [-0.4, -0.2) is 88.5 Å². The molecule has 1 aromatic rings. The van der Waals surface area contributed by atoms with Gasteiger partial charge in [0.15, 0.2) is 5.82 Å². The van der Waals surface area contributed by atoms with Gasteiger partial charge in [0.2, 0.25) is 11.8 Å². The Bertz CT molecular complexity index is 991. The molecule has 1 unspecified atom stereocenters. The summed E-state index contributed by atoms with van der Waals surface area (Å²) >= 11 is 0. The fourth-order valence-corrected chi connectivity index (χ4v) is 6.31. The maximum Gasteiger partial charge on any atom is 0.253 e. The van der Waals surface area contributed by atoms with Crippen LogP contribution >= 0.6 is 0 Å². The molecule has 7 nitrogen and oxygen atoms in total. The van der Waals surface area contributed by atoms with Gasteiger partial charge in [0, 0.05) is 51.0 Å². The zero-order valence-electron chi connectivity index (χ0n) is 22.6. The maximum atomic E-state index is 15.1. The second-order valence-electron chi connectivity index (χ2n) is 12.8. The topological polar surface area (TPSA) is 71.7 Å². The Morgan fingerprint density at radius 1 is 1.18 bits per heavy atom. The van der Waals surface area contributed by atoms with Crippen molar-refractivity contribution in [3.05, 3.63) is 11.7 Å². The van der Waals surface area contributed by atoms with Gasteiger partial charge in [-0.15, -0.1) is 0 Å². The first kappa shape index (κ1) is 27.8. The monoisotopic (exact) mass is 544 g/mol. The molecule has 2 saturated heterocycles. The molecule has 2 saturated carbocycles. The van der Waals surface area contributed by atoms with Crippen molar-refractivity contribution in [2.45, 2.75) is 113 Å². The minimum absolute atomic E-state index is 0.229. The number of hydrogen-bond acceptors (Lipinski definition) is 6. The zero-order valence-corrected chi connectivity index (χ0v) is 22.6. The number of nitrogens with zero attached hydrogens (tertiary/aromatic N) is 4. The Morgan fingerprint density at radius 3 is 2.55 bits per heavy atom. The summed E-state index contributed by atoms with van der Waals surface area (Å²) in [5.74, 6) is -3.89. The highest BCUT2D eigenvalue weighted by Crippen LogP contribution is 2.45. The first-order valence-electron chi connectivity index (χ1n) is 14.0. The third kappa shape index (κ3) is 6.18. The number of amides is 1. The number of halogens is 4. The summed E-state index contributed by atoms with van der Waals surface area (Å²) in [5, 5.41) is 4.08. The van der Waals surface area contributed by atoms with Crippen LogP contribution in [-0.2, 0) is 14.9 Å². The van der Waals surface area contributed by atoms with Crippen LogP contribution in [0.25, 0.3) is 0 Å². The number of carbonyl (C=O) groups excluding carboxylic acids is 1. The van der Waals surface area contributed by atoms with Gasteiger partial charge < -0.3 is 14.2 Å². The lowest BCUT2D eigenvalue weighted by Crippen LogP contribution is -2.49. The molecule has 3 heterocycles. The van der Waals surface area contributed by atoms with Crippen molar-refractivity contribution in [2.75, 3.05) is 32.7 Å². The van der Waals surface area contributed by atoms with E-state index >= 15 is 8.78 Å². The molecule has 0 spiro atoms. The Balaban J connectivity index is 1.16. The number of carbonyl (C=O) groups is 1. The molecule has 4 fully saturated rings. The molecule has 214 valence electrons. The Kier molecular flexibility index (Phi) is 7.56. The van der Waals surface area contributed by atoms with Gasteiger partial charge in [-0.1, -0.05) is 12.1 Å². The largest absolute Gasteiger partial charge is 0.373 e. The minimum Gasteiger partial charge on any atom is -0.373 e. The number of piperidine rings is 1. The molecule has 2 aliphatic carbocycles. The molecular weight excluding hydrogens is 504 g/mol. The number of alkyl halides is 4. The Hall–Kier alpha value is -1.75. The first-order valence-corrected chi connectivity index (χ1v) is 14.0. The van der Waals surface area contributed by atoms with E-state index in [1.807, 2.05) is 11.8 Å². The highest BCUT2D eigenvalue weighted by atomic mass is 19.3. The molecule has 0 bridgehead atoms. The van der Waals surface area contributed by atoms with Gasteiger partial charge in [0.1, 0.15) is 11.8 Å². The predicted octanol–water partition coefficient (Wildman–Crippen LogP) is 4.81. The predicted molar refractivity (Wildman–Crippen MR) is 132 cm³/mol.